The van der Waals surface area contributed by atoms with Crippen LogP contribution >= 0.6 is 0 Å². The predicted octanol–water partition coefficient (Wildman–Crippen LogP) is 0.644. The predicted molar refractivity (Wildman–Crippen MR) is 32.7 cm³/mol. The van der Waals surface area contributed by atoms with Gasteiger partial charge in [0.2, 0.25) is 0 Å². The third kappa shape index (κ3) is 1.57. The van der Waals surface area contributed by atoms with Crippen LogP contribution in [0.15, 0.2) is 4.99 Å². The number of rotatable bonds is 0. The summed E-state index contributed by atoms with van der Waals surface area (Å²) in [5.41, 5.74) is 0. The second kappa shape index (κ2) is 2.61. The third-order valence-corrected chi connectivity index (χ3v) is 0.842. The summed E-state index contributed by atoms with van der Waals surface area (Å²) in [7, 11) is 0. The van der Waals surface area contributed by atoms with Crippen LogP contribution in [0.1, 0.15) is 14.4 Å². The van der Waals surface area contributed by atoms with E-state index in [9.17, 15) is 0 Å². The molecule has 0 spiro atoms. The van der Waals surface area contributed by atoms with Crippen molar-refractivity contribution in [2.24, 2.45) is 4.99 Å². The SMILES string of the molecule is C.CC1=NCCN1. The number of aliphatic imine (C=N–C) groups is 1. The van der Waals surface area contributed by atoms with E-state index in [0.29, 0.717) is 0 Å². The van der Waals surface area contributed by atoms with Crippen LogP contribution in [0.4, 0.5) is 0 Å². The molecule has 1 heterocycles. The highest BCUT2D eigenvalue weighted by Gasteiger charge is 1.93. The Morgan fingerprint density at radius 1 is 1.71 bits per heavy atom. The molecule has 0 aromatic rings. The van der Waals surface area contributed by atoms with Gasteiger partial charge in [0.1, 0.15) is 0 Å². The molecule has 1 N–H and O–H groups in total. The summed E-state index contributed by atoms with van der Waals surface area (Å²) < 4.78 is 0. The first-order chi connectivity index (χ1) is 2.89. The summed E-state index contributed by atoms with van der Waals surface area (Å²) in [4.78, 5) is 4.04. The van der Waals surface area contributed by atoms with Crippen molar-refractivity contribution in [3.05, 3.63) is 0 Å². The highest BCUT2D eigenvalue weighted by Crippen LogP contribution is 1.79. The van der Waals surface area contributed by atoms with Crippen molar-refractivity contribution in [2.45, 2.75) is 14.4 Å². The lowest BCUT2D eigenvalue weighted by Crippen LogP contribution is -2.13. The Kier molecular flexibility index (Phi) is 2.41. The van der Waals surface area contributed by atoms with Crippen LogP contribution in [-0.2, 0) is 0 Å². The van der Waals surface area contributed by atoms with Gasteiger partial charge in [-0.2, -0.15) is 0 Å². The standard InChI is InChI=1S/C4H8N2.CH4/c1-4-5-2-3-6-4;/h2-3H2,1H3,(H,5,6);1H4. The highest BCUT2D eigenvalue weighted by atomic mass is 15.0. The minimum atomic E-state index is 0. The maximum atomic E-state index is 4.04. The van der Waals surface area contributed by atoms with Crippen LogP contribution in [0.25, 0.3) is 0 Å². The van der Waals surface area contributed by atoms with E-state index < -0.39 is 0 Å². The fourth-order valence-electron chi connectivity index (χ4n) is 0.516. The molecule has 1 aliphatic rings. The molecule has 0 unspecified atom stereocenters. The van der Waals surface area contributed by atoms with Crippen LogP contribution in [0.2, 0.25) is 0 Å². The molecule has 0 saturated heterocycles. The molecule has 0 aromatic carbocycles. The van der Waals surface area contributed by atoms with Gasteiger partial charge in [-0.3, -0.25) is 4.99 Å². The van der Waals surface area contributed by atoms with Crippen molar-refractivity contribution in [1.82, 2.24) is 5.32 Å². The Bertz CT molecular complexity index is 76.1. The lowest BCUT2D eigenvalue weighted by Gasteiger charge is -1.85. The van der Waals surface area contributed by atoms with Crippen LogP contribution < -0.4 is 5.32 Å². The maximum Gasteiger partial charge on any atom is 0.0933 e. The zero-order valence-corrected chi connectivity index (χ0v) is 3.86. The first-order valence-corrected chi connectivity index (χ1v) is 2.14. The summed E-state index contributed by atoms with van der Waals surface area (Å²) in [6.45, 7) is 3.98. The van der Waals surface area contributed by atoms with E-state index in [2.05, 4.69) is 10.3 Å². The molecule has 2 nitrogen and oxygen atoms in total. The second-order valence-corrected chi connectivity index (χ2v) is 1.39. The van der Waals surface area contributed by atoms with Crippen molar-refractivity contribution >= 4 is 5.84 Å². The lowest BCUT2D eigenvalue weighted by molar-refractivity contribution is 0.958. The van der Waals surface area contributed by atoms with Crippen molar-refractivity contribution in [2.75, 3.05) is 13.1 Å². The van der Waals surface area contributed by atoms with Crippen LogP contribution in [0.3, 0.4) is 0 Å². The summed E-state index contributed by atoms with van der Waals surface area (Å²) in [5, 5.41) is 3.07. The van der Waals surface area contributed by atoms with Gasteiger partial charge in [-0.1, -0.05) is 7.43 Å². The van der Waals surface area contributed by atoms with E-state index in [0.717, 1.165) is 18.9 Å². The average Bonchev–Trinajstić information content (AvgIpc) is 1.86. The van der Waals surface area contributed by atoms with Crippen LogP contribution in [0.5, 0.6) is 0 Å². The molecule has 0 radical (unpaired) electrons. The topological polar surface area (TPSA) is 24.4 Å². The first-order valence-electron chi connectivity index (χ1n) is 2.14. The molecule has 0 fully saturated rings. The van der Waals surface area contributed by atoms with Crippen LogP contribution in [-0.4, -0.2) is 18.9 Å². The number of amidine groups is 1. The van der Waals surface area contributed by atoms with E-state index in [1.54, 1.807) is 0 Å². The Labute approximate surface area is 44.6 Å². The van der Waals surface area contributed by atoms with E-state index in [1.165, 1.54) is 0 Å². The van der Waals surface area contributed by atoms with Crippen molar-refractivity contribution < 1.29 is 0 Å². The second-order valence-electron chi connectivity index (χ2n) is 1.39. The zero-order valence-electron chi connectivity index (χ0n) is 3.86. The van der Waals surface area contributed by atoms with Gasteiger partial charge < -0.3 is 5.32 Å². The zero-order chi connectivity index (χ0) is 4.41. The molecule has 0 amide bonds. The largest absolute Gasteiger partial charge is 0.372 e. The first kappa shape index (κ1) is 6.47. The number of nitrogens with zero attached hydrogens (tertiary/aromatic N) is 1. The molecular formula is C5H12N2. The van der Waals surface area contributed by atoms with Gasteiger partial charge in [-0.05, 0) is 6.92 Å². The fraction of sp³-hybridized carbons (Fsp3) is 0.800. The van der Waals surface area contributed by atoms with Gasteiger partial charge in [0.25, 0.3) is 0 Å². The fourth-order valence-corrected chi connectivity index (χ4v) is 0.516. The molecule has 1 rings (SSSR count). The summed E-state index contributed by atoms with van der Waals surface area (Å²) in [5.74, 6) is 1.08. The Morgan fingerprint density at radius 3 is 2.57 bits per heavy atom. The van der Waals surface area contributed by atoms with Gasteiger partial charge in [0.05, 0.1) is 12.4 Å². The van der Waals surface area contributed by atoms with Crippen molar-refractivity contribution in [1.29, 1.82) is 0 Å². The summed E-state index contributed by atoms with van der Waals surface area (Å²) >= 11 is 0. The summed E-state index contributed by atoms with van der Waals surface area (Å²) in [6.07, 6.45) is 0. The molecule has 0 aliphatic carbocycles. The Balaban J connectivity index is 0.000000360. The minimum Gasteiger partial charge on any atom is -0.372 e. The highest BCUT2D eigenvalue weighted by molar-refractivity contribution is 5.80. The van der Waals surface area contributed by atoms with E-state index in [4.69, 9.17) is 0 Å². The Hall–Kier alpha value is -0.530. The van der Waals surface area contributed by atoms with E-state index in [-0.39, 0.29) is 7.43 Å². The normalized spacial score (nSPS) is 17.0. The van der Waals surface area contributed by atoms with Crippen molar-refractivity contribution in [3.63, 3.8) is 0 Å². The monoisotopic (exact) mass is 100 g/mol. The third-order valence-electron chi connectivity index (χ3n) is 0.842. The van der Waals surface area contributed by atoms with Gasteiger partial charge in [0.15, 0.2) is 0 Å². The molecule has 0 saturated carbocycles. The Morgan fingerprint density at radius 2 is 2.43 bits per heavy atom. The average molecular weight is 100 g/mol. The smallest absolute Gasteiger partial charge is 0.0933 e. The summed E-state index contributed by atoms with van der Waals surface area (Å²) in [6, 6.07) is 0. The molecule has 7 heavy (non-hydrogen) atoms. The number of hydrogen-bond acceptors (Lipinski definition) is 2. The van der Waals surface area contributed by atoms with Crippen LogP contribution in [0, 0.1) is 0 Å². The minimum absolute atomic E-state index is 0. The number of nitrogens with one attached hydrogen (secondary N) is 1. The van der Waals surface area contributed by atoms with E-state index >= 15 is 0 Å². The molecular weight excluding hydrogens is 88.1 g/mol. The maximum absolute atomic E-state index is 4.04. The molecule has 0 aromatic heterocycles. The molecule has 0 atom stereocenters. The van der Waals surface area contributed by atoms with Gasteiger partial charge in [0, 0.05) is 6.54 Å². The number of hydrogen-bond donors (Lipinski definition) is 1. The molecule has 0 bridgehead atoms. The molecule has 2 heteroatoms. The van der Waals surface area contributed by atoms with Gasteiger partial charge in [-0.15, -0.1) is 0 Å². The lowest BCUT2D eigenvalue weighted by atomic mass is 10.7. The van der Waals surface area contributed by atoms with Gasteiger partial charge >= 0.3 is 0 Å². The van der Waals surface area contributed by atoms with Gasteiger partial charge in [-0.25, -0.2) is 0 Å². The van der Waals surface area contributed by atoms with Crippen molar-refractivity contribution in [3.8, 4) is 0 Å². The van der Waals surface area contributed by atoms with E-state index in [1.807, 2.05) is 6.92 Å². The quantitative estimate of drug-likeness (QED) is 0.474. The molecule has 1 aliphatic heterocycles. The molecule has 42 valence electrons.